The molecule has 7 heteroatoms. The van der Waals surface area contributed by atoms with E-state index < -0.39 is 0 Å². The number of aryl methyl sites for hydroxylation is 1. The molecule has 0 spiro atoms. The van der Waals surface area contributed by atoms with Crippen LogP contribution in [0.1, 0.15) is 21.6 Å². The van der Waals surface area contributed by atoms with E-state index in [1.807, 2.05) is 37.3 Å². The lowest BCUT2D eigenvalue weighted by Gasteiger charge is -2.11. The molecule has 0 saturated heterocycles. The number of amides is 1. The van der Waals surface area contributed by atoms with E-state index in [9.17, 15) is 4.79 Å². The normalized spacial score (nSPS) is 10.2. The molecule has 0 bridgehead atoms. The van der Waals surface area contributed by atoms with Gasteiger partial charge >= 0.3 is 0 Å². The van der Waals surface area contributed by atoms with Gasteiger partial charge in [-0.15, -0.1) is 0 Å². The van der Waals surface area contributed by atoms with Gasteiger partial charge in [0.2, 0.25) is 5.95 Å². The van der Waals surface area contributed by atoms with Gasteiger partial charge in [-0.05, 0) is 42.3 Å². The second-order valence-electron chi connectivity index (χ2n) is 5.64. The lowest BCUT2D eigenvalue weighted by atomic mass is 10.2. The van der Waals surface area contributed by atoms with Crippen molar-refractivity contribution in [3.8, 4) is 5.75 Å². The zero-order chi connectivity index (χ0) is 18.4. The average molecular weight is 349 g/mol. The van der Waals surface area contributed by atoms with Gasteiger partial charge in [0.1, 0.15) is 11.4 Å². The molecule has 0 aliphatic rings. The zero-order valence-electron chi connectivity index (χ0n) is 14.6. The number of nitrogens with zero attached hydrogens (tertiary/aromatic N) is 3. The van der Waals surface area contributed by atoms with Gasteiger partial charge in [-0.3, -0.25) is 9.78 Å². The number of nitrogens with one attached hydrogen (secondary N) is 2. The molecule has 0 fully saturated rings. The first-order valence-corrected chi connectivity index (χ1v) is 8.07. The van der Waals surface area contributed by atoms with E-state index >= 15 is 0 Å². The number of methoxy groups -OCH3 is 1. The number of hydrogen-bond donors (Lipinski definition) is 2. The number of carbonyl (C=O) groups excluding carboxylic acids is 1. The van der Waals surface area contributed by atoms with Crippen molar-refractivity contribution in [2.45, 2.75) is 13.5 Å². The van der Waals surface area contributed by atoms with Crippen LogP contribution in [0.2, 0.25) is 0 Å². The van der Waals surface area contributed by atoms with E-state index in [4.69, 9.17) is 4.74 Å². The van der Waals surface area contributed by atoms with E-state index in [0.29, 0.717) is 18.2 Å². The molecule has 2 N–H and O–H groups in total. The minimum atomic E-state index is -0.282. The first kappa shape index (κ1) is 17.3. The van der Waals surface area contributed by atoms with Gasteiger partial charge in [-0.25, -0.2) is 9.97 Å². The number of rotatable bonds is 6. The van der Waals surface area contributed by atoms with Gasteiger partial charge in [0.15, 0.2) is 0 Å². The maximum absolute atomic E-state index is 12.3. The Labute approximate surface area is 151 Å². The van der Waals surface area contributed by atoms with Gasteiger partial charge in [-0.1, -0.05) is 12.1 Å². The van der Waals surface area contributed by atoms with Crippen LogP contribution in [0.25, 0.3) is 0 Å². The Morgan fingerprint density at radius 3 is 2.85 bits per heavy atom. The molecule has 132 valence electrons. The number of pyridine rings is 1. The molecule has 3 aromatic rings. The molecule has 0 radical (unpaired) electrons. The molecule has 1 amide bonds. The summed E-state index contributed by atoms with van der Waals surface area (Å²) in [7, 11) is 1.60. The summed E-state index contributed by atoms with van der Waals surface area (Å²) in [5.41, 5.74) is 3.00. The third-order valence-corrected chi connectivity index (χ3v) is 3.67. The van der Waals surface area contributed by atoms with E-state index in [1.54, 1.807) is 25.6 Å². The number of anilines is 2. The second-order valence-corrected chi connectivity index (χ2v) is 5.64. The zero-order valence-corrected chi connectivity index (χ0v) is 14.6. The van der Waals surface area contributed by atoms with Crippen LogP contribution in [0.15, 0.2) is 55.0 Å². The third-order valence-electron chi connectivity index (χ3n) is 3.67. The quantitative estimate of drug-likeness (QED) is 0.711. The lowest BCUT2D eigenvalue weighted by Crippen LogP contribution is -2.24. The Hall–Kier alpha value is -3.48. The minimum Gasteiger partial charge on any atom is -0.495 e. The standard InChI is InChI=1S/C19H19N5O2/c1-13-5-6-17(26-2)16(10-13)24-19-21-9-7-15(23-19)18(25)22-12-14-4-3-8-20-11-14/h3-11H,12H2,1-2H3,(H,22,25)(H,21,23,24). The van der Waals surface area contributed by atoms with Gasteiger partial charge in [0.25, 0.3) is 5.91 Å². The van der Waals surface area contributed by atoms with Crippen LogP contribution in [0, 0.1) is 6.92 Å². The van der Waals surface area contributed by atoms with Crippen LogP contribution in [0.5, 0.6) is 5.75 Å². The van der Waals surface area contributed by atoms with Crippen molar-refractivity contribution in [1.29, 1.82) is 0 Å². The fraction of sp³-hybridized carbons (Fsp3) is 0.158. The van der Waals surface area contributed by atoms with Gasteiger partial charge in [0, 0.05) is 25.1 Å². The van der Waals surface area contributed by atoms with E-state index in [0.717, 1.165) is 16.8 Å². The summed E-state index contributed by atoms with van der Waals surface area (Å²) >= 11 is 0. The van der Waals surface area contributed by atoms with E-state index in [-0.39, 0.29) is 11.6 Å². The summed E-state index contributed by atoms with van der Waals surface area (Å²) in [6, 6.07) is 11.0. The molecule has 0 saturated carbocycles. The molecule has 7 nitrogen and oxygen atoms in total. The highest BCUT2D eigenvalue weighted by atomic mass is 16.5. The Morgan fingerprint density at radius 1 is 1.19 bits per heavy atom. The first-order chi connectivity index (χ1) is 12.7. The third kappa shape index (κ3) is 4.32. The minimum absolute atomic E-state index is 0.276. The van der Waals surface area contributed by atoms with Crippen LogP contribution < -0.4 is 15.4 Å². The van der Waals surface area contributed by atoms with Gasteiger partial charge < -0.3 is 15.4 Å². The maximum atomic E-state index is 12.3. The Morgan fingerprint density at radius 2 is 2.08 bits per heavy atom. The topological polar surface area (TPSA) is 89.0 Å². The van der Waals surface area contributed by atoms with Crippen molar-refractivity contribution in [2.75, 3.05) is 12.4 Å². The SMILES string of the molecule is COc1ccc(C)cc1Nc1nccc(C(=O)NCc2cccnc2)n1. The van der Waals surface area contributed by atoms with Crippen molar-refractivity contribution in [1.82, 2.24) is 20.3 Å². The fourth-order valence-electron chi connectivity index (χ4n) is 2.36. The molecule has 3 rings (SSSR count). The van der Waals surface area contributed by atoms with E-state index in [2.05, 4.69) is 25.6 Å². The van der Waals surface area contributed by atoms with Crippen LogP contribution in [-0.4, -0.2) is 28.0 Å². The molecular formula is C19H19N5O2. The van der Waals surface area contributed by atoms with Crippen molar-refractivity contribution in [2.24, 2.45) is 0 Å². The first-order valence-electron chi connectivity index (χ1n) is 8.07. The smallest absolute Gasteiger partial charge is 0.270 e. The lowest BCUT2D eigenvalue weighted by molar-refractivity contribution is 0.0946. The molecule has 2 aromatic heterocycles. The number of ether oxygens (including phenoxy) is 1. The van der Waals surface area contributed by atoms with Gasteiger partial charge in [0.05, 0.1) is 12.8 Å². The summed E-state index contributed by atoms with van der Waals surface area (Å²) in [6.07, 6.45) is 4.93. The highest BCUT2D eigenvalue weighted by Crippen LogP contribution is 2.27. The van der Waals surface area contributed by atoms with Crippen LogP contribution >= 0.6 is 0 Å². The Bertz CT molecular complexity index is 899. The number of aromatic nitrogens is 3. The summed E-state index contributed by atoms with van der Waals surface area (Å²) < 4.78 is 5.33. The predicted molar refractivity (Wildman–Crippen MR) is 98.5 cm³/mol. The second kappa shape index (κ2) is 8.06. The van der Waals surface area contributed by atoms with Crippen molar-refractivity contribution in [3.05, 3.63) is 71.8 Å². The Kier molecular flexibility index (Phi) is 5.38. The Balaban J connectivity index is 1.72. The number of benzene rings is 1. The molecule has 0 unspecified atom stereocenters. The van der Waals surface area contributed by atoms with Crippen molar-refractivity contribution >= 4 is 17.5 Å². The van der Waals surface area contributed by atoms with E-state index in [1.165, 1.54) is 6.20 Å². The average Bonchev–Trinajstić information content (AvgIpc) is 2.67. The molecule has 0 aliphatic carbocycles. The molecule has 2 heterocycles. The van der Waals surface area contributed by atoms with Gasteiger partial charge in [-0.2, -0.15) is 0 Å². The van der Waals surface area contributed by atoms with Crippen LogP contribution in [-0.2, 0) is 6.54 Å². The highest BCUT2D eigenvalue weighted by molar-refractivity contribution is 5.92. The van der Waals surface area contributed by atoms with Crippen molar-refractivity contribution in [3.63, 3.8) is 0 Å². The molecule has 26 heavy (non-hydrogen) atoms. The summed E-state index contributed by atoms with van der Waals surface area (Å²) in [4.78, 5) is 24.8. The number of carbonyl (C=O) groups is 1. The molecule has 1 aromatic carbocycles. The summed E-state index contributed by atoms with van der Waals surface area (Å²) in [5.74, 6) is 0.712. The summed E-state index contributed by atoms with van der Waals surface area (Å²) in [6.45, 7) is 2.36. The molecular weight excluding hydrogens is 330 g/mol. The fourth-order valence-corrected chi connectivity index (χ4v) is 2.36. The van der Waals surface area contributed by atoms with Crippen LogP contribution in [0.4, 0.5) is 11.6 Å². The summed E-state index contributed by atoms with van der Waals surface area (Å²) in [5, 5.41) is 5.91. The molecule has 0 atom stereocenters. The largest absolute Gasteiger partial charge is 0.495 e. The predicted octanol–water partition coefficient (Wildman–Crippen LogP) is 2.86. The molecule has 0 aliphatic heterocycles. The number of hydrogen-bond acceptors (Lipinski definition) is 6. The van der Waals surface area contributed by atoms with Crippen molar-refractivity contribution < 1.29 is 9.53 Å². The maximum Gasteiger partial charge on any atom is 0.270 e. The van der Waals surface area contributed by atoms with Crippen LogP contribution in [0.3, 0.4) is 0 Å². The highest BCUT2D eigenvalue weighted by Gasteiger charge is 2.10. The monoisotopic (exact) mass is 349 g/mol.